The Labute approximate surface area is 120 Å². The first-order valence-electron chi connectivity index (χ1n) is 6.19. The average molecular weight is 299 g/mol. The van der Waals surface area contributed by atoms with Crippen LogP contribution in [0.5, 0.6) is 0 Å². The second-order valence-electron chi connectivity index (χ2n) is 4.60. The van der Waals surface area contributed by atoms with Crippen molar-refractivity contribution in [3.05, 3.63) is 15.8 Å². The zero-order valence-corrected chi connectivity index (χ0v) is 11.9. The Bertz CT molecular complexity index is 566. The van der Waals surface area contributed by atoms with Gasteiger partial charge in [-0.25, -0.2) is 4.68 Å². The summed E-state index contributed by atoms with van der Waals surface area (Å²) in [4.78, 5) is 32.3. The van der Waals surface area contributed by atoms with Crippen LogP contribution in [0.2, 0.25) is 0 Å². The molecule has 0 saturated heterocycles. The molecule has 1 aromatic rings. The van der Waals surface area contributed by atoms with Crippen molar-refractivity contribution in [2.45, 2.75) is 26.8 Å². The van der Waals surface area contributed by atoms with Crippen LogP contribution in [-0.2, 0) is 9.59 Å². The Morgan fingerprint density at radius 1 is 1.43 bits per heavy atom. The summed E-state index contributed by atoms with van der Waals surface area (Å²) in [6.45, 7) is 4.31. The minimum Gasteiger partial charge on any atom is -0.480 e. The number of aliphatic carboxylic acids is 1. The van der Waals surface area contributed by atoms with E-state index in [0.717, 1.165) is 0 Å². The molecule has 1 heterocycles. The third-order valence-electron chi connectivity index (χ3n) is 2.58. The molecule has 10 heteroatoms. The molecule has 0 aliphatic rings. The zero-order valence-electron chi connectivity index (χ0n) is 11.9. The molecule has 1 rings (SSSR count). The lowest BCUT2D eigenvalue weighted by Gasteiger charge is -2.11. The van der Waals surface area contributed by atoms with Crippen molar-refractivity contribution in [3.8, 4) is 0 Å². The first-order valence-corrected chi connectivity index (χ1v) is 6.19. The van der Waals surface area contributed by atoms with Gasteiger partial charge in [-0.05, 0) is 20.8 Å². The van der Waals surface area contributed by atoms with Gasteiger partial charge in [0.25, 0.3) is 0 Å². The van der Waals surface area contributed by atoms with Crippen molar-refractivity contribution < 1.29 is 19.6 Å². The second kappa shape index (κ2) is 6.68. The topological polar surface area (TPSA) is 139 Å². The van der Waals surface area contributed by atoms with Gasteiger partial charge in [-0.15, -0.1) is 0 Å². The van der Waals surface area contributed by atoms with Gasteiger partial charge < -0.3 is 15.7 Å². The predicted octanol–water partition coefficient (Wildman–Crippen LogP) is 0.293. The summed E-state index contributed by atoms with van der Waals surface area (Å²) in [7, 11) is 0. The van der Waals surface area contributed by atoms with Crippen LogP contribution in [0.3, 0.4) is 0 Å². The summed E-state index contributed by atoms with van der Waals surface area (Å²) in [6.07, 6.45) is 0. The largest absolute Gasteiger partial charge is 0.480 e. The number of carboxylic acids is 1. The van der Waals surface area contributed by atoms with Crippen molar-refractivity contribution >= 4 is 23.4 Å². The summed E-state index contributed by atoms with van der Waals surface area (Å²) >= 11 is 0. The van der Waals surface area contributed by atoms with Crippen LogP contribution in [-0.4, -0.2) is 44.8 Å². The van der Waals surface area contributed by atoms with E-state index in [1.807, 2.05) is 0 Å². The summed E-state index contributed by atoms with van der Waals surface area (Å²) in [5.74, 6) is -1.63. The van der Waals surface area contributed by atoms with Crippen LogP contribution in [0.4, 0.5) is 11.5 Å². The van der Waals surface area contributed by atoms with E-state index in [9.17, 15) is 19.7 Å². The zero-order chi connectivity index (χ0) is 16.2. The van der Waals surface area contributed by atoms with Crippen molar-refractivity contribution in [1.82, 2.24) is 15.1 Å². The molecule has 0 aliphatic carbocycles. The van der Waals surface area contributed by atoms with E-state index >= 15 is 0 Å². The fourth-order valence-electron chi connectivity index (χ4n) is 1.70. The average Bonchev–Trinajstić information content (AvgIpc) is 2.70. The monoisotopic (exact) mass is 299 g/mol. The number of nitrogens with one attached hydrogen (secondary N) is 2. The summed E-state index contributed by atoms with van der Waals surface area (Å²) in [5.41, 5.74) is 0.0388. The van der Waals surface area contributed by atoms with Gasteiger partial charge >= 0.3 is 11.7 Å². The maximum absolute atomic E-state index is 11.5. The minimum absolute atomic E-state index is 0.123. The van der Waals surface area contributed by atoms with E-state index < -0.39 is 23.3 Å². The molecular formula is C11H17N5O5. The van der Waals surface area contributed by atoms with Crippen LogP contribution < -0.4 is 10.6 Å². The summed E-state index contributed by atoms with van der Waals surface area (Å²) < 4.78 is 1.41. The number of nitrogens with zero attached hydrogens (tertiary/aromatic N) is 3. The number of amides is 1. The quantitative estimate of drug-likeness (QED) is 0.485. The smallest absolute Gasteiger partial charge is 0.333 e. The predicted molar refractivity (Wildman–Crippen MR) is 73.1 cm³/mol. The molecule has 0 fully saturated rings. The number of anilines is 1. The molecule has 0 aliphatic heterocycles. The van der Waals surface area contributed by atoms with Crippen molar-refractivity contribution in [2.24, 2.45) is 0 Å². The van der Waals surface area contributed by atoms with Crippen molar-refractivity contribution in [2.75, 3.05) is 18.4 Å². The molecule has 0 unspecified atom stereocenters. The molecule has 0 aromatic carbocycles. The van der Waals surface area contributed by atoms with Crippen LogP contribution in [0.1, 0.15) is 25.6 Å². The van der Waals surface area contributed by atoms with Gasteiger partial charge in [0.05, 0.1) is 11.5 Å². The first kappa shape index (κ1) is 16.4. The second-order valence-corrected chi connectivity index (χ2v) is 4.60. The Hall–Kier alpha value is -2.65. The summed E-state index contributed by atoms with van der Waals surface area (Å²) in [5, 5.41) is 28.4. The lowest BCUT2D eigenvalue weighted by Crippen LogP contribution is -2.34. The van der Waals surface area contributed by atoms with E-state index in [1.165, 1.54) is 11.6 Å². The standard InChI is InChI=1S/C11H17N5O5/c1-6(2)15-11(10(16(20)21)7(3)14-15)13-4-8(17)12-5-9(18)19/h6,13H,4-5H2,1-3H3,(H,12,17)(H,18,19). The first-order chi connectivity index (χ1) is 9.73. The number of aromatic nitrogens is 2. The van der Waals surface area contributed by atoms with Gasteiger partial charge in [0.1, 0.15) is 12.2 Å². The molecule has 10 nitrogen and oxygen atoms in total. The van der Waals surface area contributed by atoms with Gasteiger partial charge in [0.2, 0.25) is 11.7 Å². The lowest BCUT2D eigenvalue weighted by atomic mass is 10.3. The molecule has 0 atom stereocenters. The van der Waals surface area contributed by atoms with Crippen LogP contribution in [0.15, 0.2) is 0 Å². The Morgan fingerprint density at radius 3 is 2.52 bits per heavy atom. The number of hydrogen-bond acceptors (Lipinski definition) is 6. The number of carbonyl (C=O) groups is 2. The van der Waals surface area contributed by atoms with Crippen LogP contribution >= 0.6 is 0 Å². The van der Waals surface area contributed by atoms with Gasteiger partial charge in [0, 0.05) is 6.04 Å². The molecular weight excluding hydrogens is 282 g/mol. The molecule has 1 amide bonds. The highest BCUT2D eigenvalue weighted by molar-refractivity contribution is 5.84. The highest BCUT2D eigenvalue weighted by atomic mass is 16.6. The van der Waals surface area contributed by atoms with Gasteiger partial charge in [0.15, 0.2) is 0 Å². The number of rotatable bonds is 7. The lowest BCUT2D eigenvalue weighted by molar-refractivity contribution is -0.384. The van der Waals surface area contributed by atoms with Gasteiger partial charge in [-0.2, -0.15) is 5.10 Å². The number of nitro groups is 1. The van der Waals surface area contributed by atoms with Crippen molar-refractivity contribution in [3.63, 3.8) is 0 Å². The third kappa shape index (κ3) is 4.16. The molecule has 1 aromatic heterocycles. The van der Waals surface area contributed by atoms with Gasteiger partial charge in [-0.1, -0.05) is 0 Å². The highest BCUT2D eigenvalue weighted by Crippen LogP contribution is 2.30. The van der Waals surface area contributed by atoms with E-state index in [-0.39, 0.29) is 29.8 Å². The van der Waals surface area contributed by atoms with Crippen molar-refractivity contribution in [1.29, 1.82) is 0 Å². The SMILES string of the molecule is Cc1nn(C(C)C)c(NCC(=O)NCC(=O)O)c1[N+](=O)[O-]. The van der Waals surface area contributed by atoms with E-state index in [1.54, 1.807) is 13.8 Å². The number of carbonyl (C=O) groups excluding carboxylic acids is 1. The Morgan fingerprint density at radius 2 is 2.05 bits per heavy atom. The minimum atomic E-state index is -1.17. The molecule has 3 N–H and O–H groups in total. The molecule has 0 saturated carbocycles. The van der Waals surface area contributed by atoms with Gasteiger partial charge in [-0.3, -0.25) is 19.7 Å². The molecule has 21 heavy (non-hydrogen) atoms. The summed E-state index contributed by atoms with van der Waals surface area (Å²) in [6, 6.07) is -0.137. The Kier molecular flexibility index (Phi) is 5.22. The molecule has 0 spiro atoms. The van der Waals surface area contributed by atoms with E-state index in [2.05, 4.69) is 15.7 Å². The Balaban J connectivity index is 2.88. The number of carboxylic acid groups (broad SMARTS) is 1. The maximum atomic E-state index is 11.5. The van der Waals surface area contributed by atoms with E-state index in [4.69, 9.17) is 5.11 Å². The number of aryl methyl sites for hydroxylation is 1. The maximum Gasteiger partial charge on any atom is 0.333 e. The van der Waals surface area contributed by atoms with Crippen LogP contribution in [0.25, 0.3) is 0 Å². The molecule has 116 valence electrons. The van der Waals surface area contributed by atoms with E-state index in [0.29, 0.717) is 0 Å². The molecule has 0 radical (unpaired) electrons. The fourth-order valence-corrected chi connectivity index (χ4v) is 1.70. The number of hydrogen-bond donors (Lipinski definition) is 3. The molecule has 0 bridgehead atoms. The van der Waals surface area contributed by atoms with Crippen LogP contribution in [0, 0.1) is 17.0 Å². The highest BCUT2D eigenvalue weighted by Gasteiger charge is 2.26. The third-order valence-corrected chi connectivity index (χ3v) is 2.58. The normalized spacial score (nSPS) is 10.5. The fraction of sp³-hybridized carbons (Fsp3) is 0.545.